The summed E-state index contributed by atoms with van der Waals surface area (Å²) >= 11 is 0. The summed E-state index contributed by atoms with van der Waals surface area (Å²) in [7, 11) is 0. The topological polar surface area (TPSA) is 48.5 Å². The zero-order chi connectivity index (χ0) is 16.1. The molecule has 3 rings (SSSR count). The van der Waals surface area contributed by atoms with Crippen LogP contribution in [0.3, 0.4) is 0 Å². The quantitative estimate of drug-likeness (QED) is 0.927. The molecule has 1 aliphatic carbocycles. The predicted molar refractivity (Wildman–Crippen MR) is 92.8 cm³/mol. The van der Waals surface area contributed by atoms with E-state index in [1.165, 1.54) is 32.1 Å². The first-order valence-electron chi connectivity index (χ1n) is 9.00. The zero-order valence-corrected chi connectivity index (χ0v) is 14.1. The summed E-state index contributed by atoms with van der Waals surface area (Å²) in [5, 5.41) is 3.55. The molecule has 0 atom stereocenters. The molecule has 0 unspecified atom stereocenters. The van der Waals surface area contributed by atoms with Crippen molar-refractivity contribution in [2.75, 3.05) is 38.0 Å². The molecule has 1 saturated heterocycles. The zero-order valence-electron chi connectivity index (χ0n) is 14.1. The Bertz CT molecular complexity index is 502. The first-order valence-corrected chi connectivity index (χ1v) is 9.00. The maximum Gasteiger partial charge on any atom is 0.272 e. The second-order valence-electron chi connectivity index (χ2n) is 6.64. The van der Waals surface area contributed by atoms with Crippen LogP contribution in [-0.4, -0.2) is 59.5 Å². The molecule has 0 radical (unpaired) electrons. The van der Waals surface area contributed by atoms with Crippen LogP contribution < -0.4 is 5.32 Å². The number of carbonyl (C=O) groups is 1. The van der Waals surface area contributed by atoms with E-state index >= 15 is 0 Å². The largest absolute Gasteiger partial charge is 0.381 e. The molecule has 1 aliphatic heterocycles. The third-order valence-corrected chi connectivity index (χ3v) is 5.07. The van der Waals surface area contributed by atoms with Gasteiger partial charge in [-0.2, -0.15) is 0 Å². The Morgan fingerprint density at radius 3 is 2.52 bits per heavy atom. The number of hydrogen-bond donors (Lipinski definition) is 1. The van der Waals surface area contributed by atoms with E-state index in [2.05, 4.69) is 22.1 Å². The molecule has 5 nitrogen and oxygen atoms in total. The highest BCUT2D eigenvalue weighted by atomic mass is 16.2. The molecule has 23 heavy (non-hydrogen) atoms. The van der Waals surface area contributed by atoms with Crippen molar-refractivity contribution in [3.05, 3.63) is 24.0 Å². The van der Waals surface area contributed by atoms with Gasteiger partial charge in [-0.25, -0.2) is 4.98 Å². The van der Waals surface area contributed by atoms with Gasteiger partial charge in [-0.1, -0.05) is 26.2 Å². The molecule has 2 fully saturated rings. The van der Waals surface area contributed by atoms with Crippen LogP contribution in [0.25, 0.3) is 0 Å². The average Bonchev–Trinajstić information content (AvgIpc) is 2.63. The average molecular weight is 316 g/mol. The van der Waals surface area contributed by atoms with Crippen molar-refractivity contribution in [3.63, 3.8) is 0 Å². The maximum absolute atomic E-state index is 12.5. The van der Waals surface area contributed by atoms with Crippen LogP contribution in [0.15, 0.2) is 18.3 Å². The fourth-order valence-electron chi connectivity index (χ4n) is 3.52. The summed E-state index contributed by atoms with van der Waals surface area (Å²) in [6.07, 6.45) is 8.26. The van der Waals surface area contributed by atoms with Crippen LogP contribution in [-0.2, 0) is 0 Å². The number of piperazine rings is 1. The van der Waals surface area contributed by atoms with Crippen LogP contribution in [0, 0.1) is 0 Å². The Labute approximate surface area is 139 Å². The Kier molecular flexibility index (Phi) is 5.49. The molecule has 2 heterocycles. The molecule has 1 N–H and O–H groups in total. The third kappa shape index (κ3) is 4.22. The summed E-state index contributed by atoms with van der Waals surface area (Å²) in [5.74, 6) is 0.0602. The highest BCUT2D eigenvalue weighted by Gasteiger charge is 2.22. The molecule has 1 amide bonds. The first kappa shape index (κ1) is 16.2. The van der Waals surface area contributed by atoms with E-state index in [4.69, 9.17) is 0 Å². The van der Waals surface area contributed by atoms with Gasteiger partial charge >= 0.3 is 0 Å². The van der Waals surface area contributed by atoms with E-state index in [-0.39, 0.29) is 5.91 Å². The smallest absolute Gasteiger partial charge is 0.272 e. The molecule has 126 valence electrons. The maximum atomic E-state index is 12.5. The lowest BCUT2D eigenvalue weighted by atomic mass is 9.95. The van der Waals surface area contributed by atoms with Gasteiger partial charge in [0.05, 0.1) is 11.9 Å². The number of aromatic nitrogens is 1. The van der Waals surface area contributed by atoms with Crippen molar-refractivity contribution in [2.24, 2.45) is 0 Å². The molecule has 1 aromatic rings. The Balaban J connectivity index is 1.55. The minimum Gasteiger partial charge on any atom is -0.381 e. The predicted octanol–water partition coefficient (Wildman–Crippen LogP) is 2.60. The fourth-order valence-corrected chi connectivity index (χ4v) is 3.52. The molecule has 2 aliphatic rings. The molecular formula is C18H28N4O. The van der Waals surface area contributed by atoms with Crippen molar-refractivity contribution in [2.45, 2.75) is 45.1 Å². The highest BCUT2D eigenvalue weighted by Crippen LogP contribution is 2.21. The first-order chi connectivity index (χ1) is 11.3. The lowest BCUT2D eigenvalue weighted by molar-refractivity contribution is 0.0637. The minimum absolute atomic E-state index is 0.0602. The number of anilines is 1. The lowest BCUT2D eigenvalue weighted by Crippen LogP contribution is -2.48. The van der Waals surface area contributed by atoms with Crippen LogP contribution in [0.1, 0.15) is 49.5 Å². The van der Waals surface area contributed by atoms with Crippen LogP contribution >= 0.6 is 0 Å². The lowest BCUT2D eigenvalue weighted by Gasteiger charge is -2.33. The van der Waals surface area contributed by atoms with E-state index < -0.39 is 0 Å². The van der Waals surface area contributed by atoms with Gasteiger partial charge in [0.2, 0.25) is 0 Å². The summed E-state index contributed by atoms with van der Waals surface area (Å²) < 4.78 is 0. The van der Waals surface area contributed by atoms with Crippen molar-refractivity contribution in [1.29, 1.82) is 0 Å². The molecule has 0 bridgehead atoms. The number of carbonyl (C=O) groups excluding carboxylic acids is 1. The Hall–Kier alpha value is -1.62. The van der Waals surface area contributed by atoms with Gasteiger partial charge in [0.1, 0.15) is 5.69 Å². The van der Waals surface area contributed by atoms with Gasteiger partial charge < -0.3 is 15.1 Å². The molecule has 5 heteroatoms. The molecule has 0 aromatic carbocycles. The van der Waals surface area contributed by atoms with E-state index in [0.717, 1.165) is 38.4 Å². The van der Waals surface area contributed by atoms with E-state index in [1.54, 1.807) is 0 Å². The van der Waals surface area contributed by atoms with Gasteiger partial charge in [0.25, 0.3) is 5.91 Å². The van der Waals surface area contributed by atoms with E-state index in [9.17, 15) is 4.79 Å². The Morgan fingerprint density at radius 1 is 1.17 bits per heavy atom. The van der Waals surface area contributed by atoms with Crippen molar-refractivity contribution >= 4 is 11.6 Å². The standard InChI is InChI=1S/C18H28N4O/c1-2-21-10-12-22(13-11-21)18(23)17-9-8-16(14-19-17)20-15-6-4-3-5-7-15/h8-9,14-15,20H,2-7,10-13H2,1H3. The van der Waals surface area contributed by atoms with Gasteiger partial charge in [0, 0.05) is 32.2 Å². The van der Waals surface area contributed by atoms with Gasteiger partial charge in [-0.3, -0.25) is 4.79 Å². The number of nitrogens with zero attached hydrogens (tertiary/aromatic N) is 3. The van der Waals surface area contributed by atoms with Crippen molar-refractivity contribution in [1.82, 2.24) is 14.8 Å². The van der Waals surface area contributed by atoms with Gasteiger partial charge in [-0.05, 0) is 31.5 Å². The van der Waals surface area contributed by atoms with Gasteiger partial charge in [-0.15, -0.1) is 0 Å². The summed E-state index contributed by atoms with van der Waals surface area (Å²) in [6.45, 7) is 6.75. The summed E-state index contributed by atoms with van der Waals surface area (Å²) in [5.41, 5.74) is 1.59. The van der Waals surface area contributed by atoms with Gasteiger partial charge in [0.15, 0.2) is 0 Å². The molecule has 1 saturated carbocycles. The van der Waals surface area contributed by atoms with Crippen molar-refractivity contribution < 1.29 is 4.79 Å². The Morgan fingerprint density at radius 2 is 1.91 bits per heavy atom. The monoisotopic (exact) mass is 316 g/mol. The number of hydrogen-bond acceptors (Lipinski definition) is 4. The van der Waals surface area contributed by atoms with Crippen LogP contribution in [0.5, 0.6) is 0 Å². The number of nitrogens with one attached hydrogen (secondary N) is 1. The third-order valence-electron chi connectivity index (χ3n) is 5.07. The second-order valence-corrected chi connectivity index (χ2v) is 6.64. The molecular weight excluding hydrogens is 288 g/mol. The summed E-state index contributed by atoms with van der Waals surface area (Å²) in [6, 6.07) is 4.42. The fraction of sp³-hybridized carbons (Fsp3) is 0.667. The number of pyridine rings is 1. The highest BCUT2D eigenvalue weighted by molar-refractivity contribution is 5.92. The summed E-state index contributed by atoms with van der Waals surface area (Å²) in [4.78, 5) is 21.2. The molecule has 1 aromatic heterocycles. The SMILES string of the molecule is CCN1CCN(C(=O)c2ccc(NC3CCCCC3)cn2)CC1. The van der Waals surface area contributed by atoms with Crippen LogP contribution in [0.4, 0.5) is 5.69 Å². The number of rotatable bonds is 4. The number of likely N-dealkylation sites (N-methyl/N-ethyl adjacent to an activating group) is 1. The second kappa shape index (κ2) is 7.77. The van der Waals surface area contributed by atoms with Crippen molar-refractivity contribution in [3.8, 4) is 0 Å². The molecule has 0 spiro atoms. The van der Waals surface area contributed by atoms with Crippen LogP contribution in [0.2, 0.25) is 0 Å². The van der Waals surface area contributed by atoms with E-state index in [0.29, 0.717) is 11.7 Å². The van der Waals surface area contributed by atoms with E-state index in [1.807, 2.05) is 23.2 Å². The normalized spacial score (nSPS) is 20.5. The minimum atomic E-state index is 0.0602. The number of amides is 1.